The molecule has 0 saturated carbocycles. The zero-order valence-corrected chi connectivity index (χ0v) is 26.3. The van der Waals surface area contributed by atoms with Gasteiger partial charge in [0.1, 0.15) is 12.7 Å². The van der Waals surface area contributed by atoms with Crippen LogP contribution in [0, 0.1) is 22.7 Å². The number of nitriles is 2. The van der Waals surface area contributed by atoms with Gasteiger partial charge in [-0.2, -0.15) is 15.6 Å². The molecular formula is C37H42N6. The van der Waals surface area contributed by atoms with Crippen LogP contribution in [0.5, 0.6) is 0 Å². The van der Waals surface area contributed by atoms with E-state index < -0.39 is 10.8 Å². The molecule has 0 aliphatic heterocycles. The van der Waals surface area contributed by atoms with Crippen LogP contribution in [-0.2, 0) is 30.2 Å². The Balaban J connectivity index is 0.000000197. The second-order valence-corrected chi connectivity index (χ2v) is 12.5. The van der Waals surface area contributed by atoms with Crippen molar-refractivity contribution in [1.29, 1.82) is 10.5 Å². The van der Waals surface area contributed by atoms with Gasteiger partial charge in [0, 0.05) is 6.54 Å². The Morgan fingerprint density at radius 2 is 1.37 bits per heavy atom. The Morgan fingerprint density at radius 1 is 0.837 bits per heavy atom. The third-order valence-corrected chi connectivity index (χ3v) is 8.01. The molecule has 6 nitrogen and oxygen atoms in total. The van der Waals surface area contributed by atoms with Crippen LogP contribution >= 0.6 is 0 Å². The summed E-state index contributed by atoms with van der Waals surface area (Å²) in [6.07, 6.45) is 8.92. The lowest BCUT2D eigenvalue weighted by molar-refractivity contribution is 0.417. The third-order valence-electron chi connectivity index (χ3n) is 8.01. The second-order valence-electron chi connectivity index (χ2n) is 12.5. The number of hydrogen-bond donors (Lipinski definition) is 0. The monoisotopic (exact) mass is 570 g/mol. The third kappa shape index (κ3) is 7.86. The minimum Gasteiger partial charge on any atom is -0.309 e. The molecule has 6 heteroatoms. The maximum absolute atomic E-state index is 9.40. The summed E-state index contributed by atoms with van der Waals surface area (Å²) in [6.45, 7) is 9.17. The Morgan fingerprint density at radius 3 is 1.84 bits per heavy atom. The maximum Gasteiger partial charge on any atom is 0.137 e. The van der Waals surface area contributed by atoms with E-state index in [-0.39, 0.29) is 0 Å². The van der Waals surface area contributed by atoms with Gasteiger partial charge >= 0.3 is 0 Å². The lowest BCUT2D eigenvalue weighted by Crippen LogP contribution is -2.20. The molecule has 1 aromatic heterocycles. The van der Waals surface area contributed by atoms with E-state index in [1.54, 1.807) is 11.0 Å². The van der Waals surface area contributed by atoms with Gasteiger partial charge in [-0.1, -0.05) is 72.8 Å². The predicted molar refractivity (Wildman–Crippen MR) is 173 cm³/mol. The van der Waals surface area contributed by atoms with Crippen molar-refractivity contribution in [2.75, 3.05) is 20.6 Å². The highest BCUT2D eigenvalue weighted by Gasteiger charge is 2.26. The molecule has 0 radical (unpaired) electrons. The summed E-state index contributed by atoms with van der Waals surface area (Å²) in [7, 11) is 4.26. The normalized spacial score (nSPS) is 12.6. The molecule has 220 valence electrons. The van der Waals surface area contributed by atoms with Gasteiger partial charge < -0.3 is 4.90 Å². The summed E-state index contributed by atoms with van der Waals surface area (Å²) in [5, 5.41) is 22.9. The number of aryl methyl sites for hydroxylation is 2. The molecular weight excluding hydrogens is 528 g/mol. The van der Waals surface area contributed by atoms with Gasteiger partial charge in [-0.3, -0.25) is 0 Å². The van der Waals surface area contributed by atoms with Crippen molar-refractivity contribution in [3.05, 3.63) is 124 Å². The molecule has 0 amide bonds. The van der Waals surface area contributed by atoms with E-state index in [2.05, 4.69) is 95.8 Å². The van der Waals surface area contributed by atoms with Gasteiger partial charge in [-0.05, 0) is 106 Å². The highest BCUT2D eigenvalue weighted by atomic mass is 15.3. The Bertz CT molecular complexity index is 1550. The van der Waals surface area contributed by atoms with Crippen LogP contribution in [0.25, 0.3) is 5.57 Å². The van der Waals surface area contributed by atoms with Gasteiger partial charge in [-0.25, -0.2) is 9.67 Å². The van der Waals surface area contributed by atoms with Crippen LogP contribution in [-0.4, -0.2) is 40.3 Å². The smallest absolute Gasteiger partial charge is 0.137 e. The predicted octanol–water partition coefficient (Wildman–Crippen LogP) is 7.10. The lowest BCUT2D eigenvalue weighted by Gasteiger charge is -2.23. The molecule has 1 aliphatic carbocycles. The molecule has 43 heavy (non-hydrogen) atoms. The van der Waals surface area contributed by atoms with Crippen LogP contribution in [0.2, 0.25) is 0 Å². The lowest BCUT2D eigenvalue weighted by atomic mass is 9.79. The summed E-state index contributed by atoms with van der Waals surface area (Å²) < 4.78 is 1.72. The second kappa shape index (κ2) is 13.6. The quantitative estimate of drug-likeness (QED) is 0.237. The molecule has 0 atom stereocenters. The van der Waals surface area contributed by atoms with E-state index >= 15 is 0 Å². The zero-order chi connectivity index (χ0) is 31.0. The van der Waals surface area contributed by atoms with Crippen LogP contribution in [0.15, 0.2) is 85.5 Å². The van der Waals surface area contributed by atoms with Crippen LogP contribution in [0.1, 0.15) is 73.1 Å². The fraction of sp³-hybridized carbons (Fsp3) is 0.351. The number of hydrogen-bond acceptors (Lipinski definition) is 5. The van der Waals surface area contributed by atoms with Crippen LogP contribution < -0.4 is 0 Å². The molecule has 0 fully saturated rings. The van der Waals surface area contributed by atoms with Crippen LogP contribution in [0.3, 0.4) is 0 Å². The van der Waals surface area contributed by atoms with E-state index in [1.807, 2.05) is 45.9 Å². The van der Waals surface area contributed by atoms with Gasteiger partial charge in [0.15, 0.2) is 0 Å². The fourth-order valence-corrected chi connectivity index (χ4v) is 5.24. The summed E-state index contributed by atoms with van der Waals surface area (Å²) in [6, 6.07) is 28.4. The highest BCUT2D eigenvalue weighted by Crippen LogP contribution is 2.34. The highest BCUT2D eigenvalue weighted by molar-refractivity contribution is 5.83. The molecule has 4 aromatic rings. The molecule has 3 aromatic carbocycles. The first-order valence-corrected chi connectivity index (χ1v) is 14.9. The number of benzene rings is 3. The first-order valence-electron chi connectivity index (χ1n) is 14.9. The van der Waals surface area contributed by atoms with E-state index in [1.165, 1.54) is 34.2 Å². The molecule has 1 heterocycles. The standard InChI is InChI=1S/C20H23N.C17H19N5/c1-21(2)15-7-12-20-18-10-5-3-8-16(18)13-14-17-9-4-6-11-19(17)20;1-16(2,9-18)14-5-13(8-22-12-20-11-21-22)6-15(7-14)17(3,4)10-19/h3-6,8-12H,7,13-15H2,1-2H3;5-7,11-12H,8H2,1-4H3. The van der Waals surface area contributed by atoms with Crippen molar-refractivity contribution in [2.45, 2.75) is 64.3 Å². The maximum atomic E-state index is 9.40. The molecule has 0 spiro atoms. The number of nitrogens with zero attached hydrogens (tertiary/aromatic N) is 6. The van der Waals surface area contributed by atoms with Gasteiger partial charge in [0.2, 0.25) is 0 Å². The largest absolute Gasteiger partial charge is 0.309 e. The van der Waals surface area contributed by atoms with Crippen molar-refractivity contribution >= 4 is 5.57 Å². The Kier molecular flexibility index (Phi) is 9.96. The summed E-state index contributed by atoms with van der Waals surface area (Å²) in [5.41, 5.74) is 8.80. The van der Waals surface area contributed by atoms with Gasteiger partial charge in [0.25, 0.3) is 0 Å². The first kappa shape index (κ1) is 31.4. The minimum atomic E-state index is -0.612. The van der Waals surface area contributed by atoms with Crippen LogP contribution in [0.4, 0.5) is 0 Å². The molecule has 0 N–H and O–H groups in total. The minimum absolute atomic E-state index is 0.559. The average Bonchev–Trinajstić information content (AvgIpc) is 3.46. The summed E-state index contributed by atoms with van der Waals surface area (Å²) in [4.78, 5) is 6.18. The molecule has 0 unspecified atom stereocenters. The SMILES string of the molecule is CC(C)(C#N)c1cc(Cn2cncn2)cc(C(C)(C)C#N)c1.CN(C)CCC=C1c2ccccc2CCc2ccccc21. The number of fused-ring (bicyclic) bond motifs is 2. The van der Waals surface area contributed by atoms with E-state index in [0.29, 0.717) is 6.54 Å². The fourth-order valence-electron chi connectivity index (χ4n) is 5.24. The van der Waals surface area contributed by atoms with Crippen molar-refractivity contribution in [1.82, 2.24) is 19.7 Å². The molecule has 0 bridgehead atoms. The van der Waals surface area contributed by atoms with Crippen molar-refractivity contribution in [3.8, 4) is 12.1 Å². The summed E-state index contributed by atoms with van der Waals surface area (Å²) >= 11 is 0. The van der Waals surface area contributed by atoms with E-state index in [9.17, 15) is 10.5 Å². The molecule has 1 aliphatic rings. The van der Waals surface area contributed by atoms with Gasteiger partial charge in [-0.15, -0.1) is 0 Å². The topological polar surface area (TPSA) is 81.5 Å². The van der Waals surface area contributed by atoms with Gasteiger partial charge in [0.05, 0.1) is 29.5 Å². The average molecular weight is 571 g/mol. The Labute approximate surface area is 256 Å². The van der Waals surface area contributed by atoms with E-state index in [0.717, 1.165) is 42.5 Å². The number of rotatable bonds is 7. The van der Waals surface area contributed by atoms with E-state index in [4.69, 9.17) is 0 Å². The van der Waals surface area contributed by atoms with Crippen molar-refractivity contribution in [2.24, 2.45) is 0 Å². The molecule has 5 rings (SSSR count). The number of aromatic nitrogens is 3. The molecule has 0 saturated heterocycles. The first-order chi connectivity index (χ1) is 20.5. The van der Waals surface area contributed by atoms with Crippen molar-refractivity contribution in [3.63, 3.8) is 0 Å². The van der Waals surface area contributed by atoms with Crippen molar-refractivity contribution < 1.29 is 0 Å². The Hall–Kier alpha value is -4.52. The zero-order valence-electron chi connectivity index (χ0n) is 26.3. The summed E-state index contributed by atoms with van der Waals surface area (Å²) in [5.74, 6) is 0.